The zero-order valence-electron chi connectivity index (χ0n) is 23.0. The number of carbonyl (C=O) groups is 1. The Hall–Kier alpha value is -4.64. The molecule has 0 unspecified atom stereocenters. The number of carbonyl (C=O) groups excluding carboxylic acids is 1. The van der Waals surface area contributed by atoms with Crippen LogP contribution in [-0.4, -0.2) is 19.6 Å². The molecule has 0 fully saturated rings. The van der Waals surface area contributed by atoms with Gasteiger partial charge in [-0.25, -0.2) is 0 Å². The van der Waals surface area contributed by atoms with E-state index in [0.29, 0.717) is 41.7 Å². The predicted octanol–water partition coefficient (Wildman–Crippen LogP) is 8.10. The molecule has 9 heteroatoms. The molecule has 4 aromatic carbocycles. The average Bonchev–Trinajstić information content (AvgIpc) is 3.00. The van der Waals surface area contributed by atoms with Crippen molar-refractivity contribution in [2.24, 2.45) is 0 Å². The summed E-state index contributed by atoms with van der Waals surface area (Å²) in [5.74, 6) is 1.58. The molecule has 0 radical (unpaired) electrons. The summed E-state index contributed by atoms with van der Waals surface area (Å²) < 4.78 is 22.8. The first-order valence-corrected chi connectivity index (χ1v) is 13.8. The minimum atomic E-state index is -0.573. The number of ether oxygens (including phenoxy) is 4. The van der Waals surface area contributed by atoms with Gasteiger partial charge in [-0.15, -0.1) is 0 Å². The van der Waals surface area contributed by atoms with Gasteiger partial charge < -0.3 is 24.3 Å². The fourth-order valence-corrected chi connectivity index (χ4v) is 4.52. The molecule has 0 heterocycles. The summed E-state index contributed by atoms with van der Waals surface area (Å²) in [5.41, 5.74) is 2.74. The van der Waals surface area contributed by atoms with Crippen molar-refractivity contribution in [2.45, 2.75) is 20.1 Å². The first-order valence-electron chi connectivity index (χ1n) is 13.0. The van der Waals surface area contributed by atoms with E-state index in [2.05, 4.69) is 5.32 Å². The number of benzene rings is 4. The third-order valence-electron chi connectivity index (χ3n) is 5.97. The van der Waals surface area contributed by atoms with E-state index in [4.69, 9.17) is 42.1 Å². The molecule has 0 aliphatic rings. The van der Waals surface area contributed by atoms with Crippen molar-refractivity contribution in [3.05, 3.63) is 117 Å². The fraction of sp³-hybridized carbons (Fsp3) is 0.152. The lowest BCUT2D eigenvalue weighted by Crippen LogP contribution is -2.13. The molecule has 42 heavy (non-hydrogen) atoms. The Bertz CT molecular complexity index is 1580. The number of methoxy groups -OCH3 is 1. The van der Waals surface area contributed by atoms with Crippen molar-refractivity contribution in [3.8, 4) is 29.1 Å². The molecule has 0 bridgehead atoms. The zero-order valence-corrected chi connectivity index (χ0v) is 24.5. The molecule has 0 aliphatic heterocycles. The number of hydrogen-bond donors (Lipinski definition) is 1. The number of nitrogens with zero attached hydrogens (tertiary/aromatic N) is 1. The van der Waals surface area contributed by atoms with Gasteiger partial charge in [0.25, 0.3) is 5.91 Å². The van der Waals surface area contributed by atoms with Crippen molar-refractivity contribution in [1.82, 2.24) is 0 Å². The van der Waals surface area contributed by atoms with E-state index < -0.39 is 5.91 Å². The van der Waals surface area contributed by atoms with Crippen LogP contribution < -0.4 is 24.3 Å². The van der Waals surface area contributed by atoms with Crippen molar-refractivity contribution in [3.63, 3.8) is 0 Å². The standard InChI is InChI=1S/C33H28Cl2N2O5/c1-3-40-31-18-23(9-14-30(31)41-20-22-7-5-4-6-8-22)21-42-32-28(34)16-24(17-29(32)35)15-25(19-36)33(38)37-26-10-12-27(39-2)13-11-26/h4-18H,3,20-21H2,1-2H3,(H,37,38)/b25-15-. The Balaban J connectivity index is 1.44. The lowest BCUT2D eigenvalue weighted by molar-refractivity contribution is -0.112. The van der Waals surface area contributed by atoms with E-state index in [0.717, 1.165) is 11.1 Å². The van der Waals surface area contributed by atoms with E-state index in [1.165, 1.54) is 6.08 Å². The summed E-state index contributed by atoms with van der Waals surface area (Å²) in [6.07, 6.45) is 1.41. The molecule has 4 rings (SSSR count). The lowest BCUT2D eigenvalue weighted by atomic mass is 10.1. The van der Waals surface area contributed by atoms with Crippen LogP contribution in [-0.2, 0) is 18.0 Å². The van der Waals surface area contributed by atoms with E-state index in [1.807, 2.05) is 61.5 Å². The van der Waals surface area contributed by atoms with Crippen molar-refractivity contribution < 1.29 is 23.7 Å². The molecule has 0 atom stereocenters. The van der Waals surface area contributed by atoms with E-state index in [-0.39, 0.29) is 28.0 Å². The van der Waals surface area contributed by atoms with Crippen LogP contribution in [0.4, 0.5) is 5.69 Å². The third kappa shape index (κ3) is 8.20. The topological polar surface area (TPSA) is 89.8 Å². The SMILES string of the molecule is CCOc1cc(COc2c(Cl)cc(/C=C(/C#N)C(=O)Nc3ccc(OC)cc3)cc2Cl)ccc1OCc1ccccc1. The number of anilines is 1. The van der Waals surface area contributed by atoms with Crippen molar-refractivity contribution in [1.29, 1.82) is 5.26 Å². The molecule has 214 valence electrons. The molecule has 0 aromatic heterocycles. The monoisotopic (exact) mass is 602 g/mol. The predicted molar refractivity (Wildman–Crippen MR) is 164 cm³/mol. The average molecular weight is 604 g/mol. The van der Waals surface area contributed by atoms with Gasteiger partial charge in [0.15, 0.2) is 17.2 Å². The maximum atomic E-state index is 12.7. The third-order valence-corrected chi connectivity index (χ3v) is 6.53. The van der Waals surface area contributed by atoms with Crippen LogP contribution in [0.15, 0.2) is 90.5 Å². The molecule has 0 saturated carbocycles. The second-order valence-electron chi connectivity index (χ2n) is 8.94. The number of nitriles is 1. The summed E-state index contributed by atoms with van der Waals surface area (Å²) >= 11 is 13.0. The van der Waals surface area contributed by atoms with Gasteiger partial charge in [0, 0.05) is 5.69 Å². The largest absolute Gasteiger partial charge is 0.497 e. The van der Waals surface area contributed by atoms with Gasteiger partial charge in [-0.05, 0) is 78.2 Å². The van der Waals surface area contributed by atoms with E-state index in [1.54, 1.807) is 43.5 Å². The fourth-order valence-electron chi connectivity index (χ4n) is 3.91. The smallest absolute Gasteiger partial charge is 0.266 e. The van der Waals surface area contributed by atoms with Crippen LogP contribution in [0.2, 0.25) is 10.0 Å². The molecule has 0 spiro atoms. The second-order valence-corrected chi connectivity index (χ2v) is 9.76. The summed E-state index contributed by atoms with van der Waals surface area (Å²) in [5, 5.41) is 12.7. The quantitative estimate of drug-likeness (QED) is 0.130. The molecule has 1 amide bonds. The lowest BCUT2D eigenvalue weighted by Gasteiger charge is -2.15. The molecule has 1 N–H and O–H groups in total. The zero-order chi connectivity index (χ0) is 29.9. The number of halogens is 2. The van der Waals surface area contributed by atoms with E-state index >= 15 is 0 Å². The van der Waals surface area contributed by atoms with Gasteiger partial charge in [-0.3, -0.25) is 4.79 Å². The Morgan fingerprint density at radius 3 is 2.19 bits per heavy atom. The molecule has 0 saturated heterocycles. The highest BCUT2D eigenvalue weighted by atomic mass is 35.5. The maximum Gasteiger partial charge on any atom is 0.266 e. The number of hydrogen-bond acceptors (Lipinski definition) is 6. The number of amides is 1. The van der Waals surface area contributed by atoms with Gasteiger partial charge >= 0.3 is 0 Å². The van der Waals surface area contributed by atoms with Crippen LogP contribution in [0.1, 0.15) is 23.6 Å². The van der Waals surface area contributed by atoms with Crippen LogP contribution >= 0.6 is 23.2 Å². The first kappa shape index (κ1) is 30.3. The molecular formula is C33H28Cl2N2O5. The Morgan fingerprint density at radius 2 is 1.55 bits per heavy atom. The van der Waals surface area contributed by atoms with Gasteiger partial charge in [0.05, 0.1) is 23.8 Å². The maximum absolute atomic E-state index is 12.7. The minimum absolute atomic E-state index is 0.121. The number of rotatable bonds is 12. The summed E-state index contributed by atoms with van der Waals surface area (Å²) in [6.45, 7) is 2.96. The second kappa shape index (κ2) is 14.8. The van der Waals surface area contributed by atoms with Gasteiger partial charge in [0.2, 0.25) is 0 Å². The molecular weight excluding hydrogens is 575 g/mol. The van der Waals surface area contributed by atoms with Gasteiger partial charge in [-0.1, -0.05) is 59.6 Å². The molecule has 4 aromatic rings. The summed E-state index contributed by atoms with van der Waals surface area (Å²) in [6, 6.07) is 27.3. The Labute approximate surface area is 254 Å². The molecule has 0 aliphatic carbocycles. The highest BCUT2D eigenvalue weighted by Gasteiger charge is 2.14. The Kier molecular flexibility index (Phi) is 10.7. The first-order chi connectivity index (χ1) is 20.4. The number of nitrogens with one attached hydrogen (secondary N) is 1. The van der Waals surface area contributed by atoms with Crippen LogP contribution in [0.25, 0.3) is 6.08 Å². The normalized spacial score (nSPS) is 10.9. The summed E-state index contributed by atoms with van der Waals surface area (Å²) in [7, 11) is 1.55. The van der Waals surface area contributed by atoms with Crippen LogP contribution in [0, 0.1) is 11.3 Å². The van der Waals surface area contributed by atoms with E-state index in [9.17, 15) is 10.1 Å². The van der Waals surface area contributed by atoms with Crippen LogP contribution in [0.3, 0.4) is 0 Å². The highest BCUT2D eigenvalue weighted by Crippen LogP contribution is 2.36. The summed E-state index contributed by atoms with van der Waals surface area (Å²) in [4.78, 5) is 12.7. The van der Waals surface area contributed by atoms with Gasteiger partial charge in [-0.2, -0.15) is 5.26 Å². The highest BCUT2D eigenvalue weighted by molar-refractivity contribution is 6.37. The Morgan fingerprint density at radius 1 is 0.857 bits per heavy atom. The molecule has 7 nitrogen and oxygen atoms in total. The van der Waals surface area contributed by atoms with Crippen molar-refractivity contribution in [2.75, 3.05) is 19.0 Å². The minimum Gasteiger partial charge on any atom is -0.497 e. The van der Waals surface area contributed by atoms with Crippen molar-refractivity contribution >= 4 is 40.9 Å². The van der Waals surface area contributed by atoms with Gasteiger partial charge in [0.1, 0.15) is 30.6 Å². The van der Waals surface area contributed by atoms with Crippen LogP contribution in [0.5, 0.6) is 23.0 Å².